The third kappa shape index (κ3) is 39.6. The van der Waals surface area contributed by atoms with Gasteiger partial charge in [0.25, 0.3) is 0 Å². The molecule has 0 saturated carbocycles. The van der Waals surface area contributed by atoms with Gasteiger partial charge < -0.3 is 20.3 Å². The number of amides is 1. The van der Waals surface area contributed by atoms with Crippen LogP contribution in [0.25, 0.3) is 0 Å². The first kappa shape index (κ1) is 51.1. The molecule has 0 aliphatic rings. The van der Waals surface area contributed by atoms with Crippen molar-refractivity contribution in [2.45, 2.75) is 238 Å². The maximum Gasteiger partial charge on any atom is 0.305 e. The third-order valence-electron chi connectivity index (χ3n) is 10.2. The first-order valence-electron chi connectivity index (χ1n) is 22.7. The normalized spacial score (nSPS) is 13.1. The second kappa shape index (κ2) is 42.8. The lowest BCUT2D eigenvalue weighted by Gasteiger charge is -2.22. The van der Waals surface area contributed by atoms with E-state index in [1.165, 1.54) is 135 Å². The van der Waals surface area contributed by atoms with Crippen LogP contribution in [0.15, 0.2) is 36.5 Å². The van der Waals surface area contributed by atoms with Gasteiger partial charge in [0.2, 0.25) is 5.91 Å². The Balaban J connectivity index is 3.55. The van der Waals surface area contributed by atoms with Crippen molar-refractivity contribution < 1.29 is 24.5 Å². The minimum absolute atomic E-state index is 0.0269. The lowest BCUT2D eigenvalue weighted by atomic mass is 10.0. The van der Waals surface area contributed by atoms with E-state index in [2.05, 4.69) is 49.5 Å². The summed E-state index contributed by atoms with van der Waals surface area (Å²) in [7, 11) is 0. The van der Waals surface area contributed by atoms with Gasteiger partial charge in [-0.15, -0.1) is 0 Å². The van der Waals surface area contributed by atoms with Crippen molar-refractivity contribution in [3.8, 4) is 0 Å². The molecular weight excluding hydrogens is 659 g/mol. The summed E-state index contributed by atoms with van der Waals surface area (Å²) < 4.78 is 5.43. The van der Waals surface area contributed by atoms with Gasteiger partial charge in [0, 0.05) is 12.8 Å². The SMILES string of the molecule is CCCCCCC/C=C\CCCCCCCC(=O)OCCCCCCCC/C=C\C/C=C\CCC(=O)NC(CO)C(O)CCCCCCCCCCC. The highest BCUT2D eigenvalue weighted by molar-refractivity contribution is 5.76. The maximum absolute atomic E-state index is 12.3. The van der Waals surface area contributed by atoms with Crippen molar-refractivity contribution in [3.63, 3.8) is 0 Å². The Hall–Kier alpha value is -1.92. The molecule has 0 fully saturated rings. The average molecular weight is 746 g/mol. The molecule has 0 aliphatic heterocycles. The van der Waals surface area contributed by atoms with E-state index >= 15 is 0 Å². The molecule has 1 amide bonds. The molecule has 6 heteroatoms. The number of hydrogen-bond acceptors (Lipinski definition) is 5. The topological polar surface area (TPSA) is 95.9 Å². The van der Waals surface area contributed by atoms with E-state index in [1.54, 1.807) is 0 Å². The molecule has 0 aliphatic carbocycles. The molecule has 0 aromatic rings. The number of ether oxygens (including phenoxy) is 1. The Kier molecular flexibility index (Phi) is 41.3. The largest absolute Gasteiger partial charge is 0.466 e. The van der Waals surface area contributed by atoms with Crippen LogP contribution in [0, 0.1) is 0 Å². The Morgan fingerprint density at radius 1 is 0.528 bits per heavy atom. The Labute approximate surface area is 328 Å². The van der Waals surface area contributed by atoms with E-state index in [9.17, 15) is 19.8 Å². The first-order chi connectivity index (χ1) is 26.0. The number of hydrogen-bond donors (Lipinski definition) is 3. The molecule has 310 valence electrons. The summed E-state index contributed by atoms with van der Waals surface area (Å²) in [6.45, 7) is 4.83. The van der Waals surface area contributed by atoms with E-state index in [4.69, 9.17) is 4.74 Å². The van der Waals surface area contributed by atoms with Gasteiger partial charge in [-0.3, -0.25) is 9.59 Å². The Bertz CT molecular complexity index is 869. The predicted molar refractivity (Wildman–Crippen MR) is 227 cm³/mol. The molecule has 0 rings (SSSR count). The monoisotopic (exact) mass is 746 g/mol. The number of carbonyl (C=O) groups is 2. The first-order valence-corrected chi connectivity index (χ1v) is 22.7. The van der Waals surface area contributed by atoms with Crippen molar-refractivity contribution in [2.24, 2.45) is 0 Å². The summed E-state index contributed by atoms with van der Waals surface area (Å²) in [5.41, 5.74) is 0. The molecule has 0 spiro atoms. The highest BCUT2D eigenvalue weighted by atomic mass is 16.5. The predicted octanol–water partition coefficient (Wildman–Crippen LogP) is 12.9. The minimum Gasteiger partial charge on any atom is -0.466 e. The van der Waals surface area contributed by atoms with Gasteiger partial charge in [-0.2, -0.15) is 0 Å². The molecule has 53 heavy (non-hydrogen) atoms. The van der Waals surface area contributed by atoms with Gasteiger partial charge >= 0.3 is 5.97 Å². The van der Waals surface area contributed by atoms with E-state index < -0.39 is 12.1 Å². The number of nitrogens with one attached hydrogen (secondary N) is 1. The van der Waals surface area contributed by atoms with Crippen LogP contribution in [0.3, 0.4) is 0 Å². The van der Waals surface area contributed by atoms with Crippen molar-refractivity contribution in [1.82, 2.24) is 5.32 Å². The van der Waals surface area contributed by atoms with Gasteiger partial charge in [-0.25, -0.2) is 0 Å². The molecule has 3 N–H and O–H groups in total. The van der Waals surface area contributed by atoms with Gasteiger partial charge in [0.05, 0.1) is 25.4 Å². The van der Waals surface area contributed by atoms with Crippen molar-refractivity contribution in [1.29, 1.82) is 0 Å². The average Bonchev–Trinajstić information content (AvgIpc) is 3.16. The molecule has 0 aromatic heterocycles. The van der Waals surface area contributed by atoms with E-state index in [1.807, 2.05) is 6.08 Å². The zero-order valence-electron chi connectivity index (χ0n) is 35.0. The van der Waals surface area contributed by atoms with Crippen molar-refractivity contribution >= 4 is 11.9 Å². The summed E-state index contributed by atoms with van der Waals surface area (Å²) in [5, 5.41) is 22.9. The quantitative estimate of drug-likeness (QED) is 0.0329. The van der Waals surface area contributed by atoms with Crippen LogP contribution in [-0.2, 0) is 14.3 Å². The second-order valence-corrected chi connectivity index (χ2v) is 15.4. The highest BCUT2D eigenvalue weighted by Crippen LogP contribution is 2.14. The fourth-order valence-corrected chi connectivity index (χ4v) is 6.62. The van der Waals surface area contributed by atoms with Crippen LogP contribution >= 0.6 is 0 Å². The van der Waals surface area contributed by atoms with Gasteiger partial charge in [0.15, 0.2) is 0 Å². The summed E-state index contributed by atoms with van der Waals surface area (Å²) in [4.78, 5) is 24.3. The maximum atomic E-state index is 12.3. The van der Waals surface area contributed by atoms with Crippen LogP contribution in [0.2, 0.25) is 0 Å². The fourth-order valence-electron chi connectivity index (χ4n) is 6.62. The number of unbranched alkanes of at least 4 members (excludes halogenated alkanes) is 24. The van der Waals surface area contributed by atoms with Crippen LogP contribution in [0.5, 0.6) is 0 Å². The molecule has 0 saturated heterocycles. The second-order valence-electron chi connectivity index (χ2n) is 15.4. The van der Waals surface area contributed by atoms with Crippen molar-refractivity contribution in [2.75, 3.05) is 13.2 Å². The van der Waals surface area contributed by atoms with E-state index in [0.717, 1.165) is 51.4 Å². The summed E-state index contributed by atoms with van der Waals surface area (Å²) >= 11 is 0. The van der Waals surface area contributed by atoms with E-state index in [0.29, 0.717) is 32.3 Å². The number of esters is 1. The van der Waals surface area contributed by atoms with Crippen LogP contribution in [0.4, 0.5) is 0 Å². The van der Waals surface area contributed by atoms with Gasteiger partial charge in [-0.1, -0.05) is 179 Å². The number of aliphatic hydroxyl groups excluding tert-OH is 2. The summed E-state index contributed by atoms with van der Waals surface area (Å²) in [5.74, 6) is -0.147. The number of allylic oxidation sites excluding steroid dienone is 6. The van der Waals surface area contributed by atoms with Crippen LogP contribution < -0.4 is 5.32 Å². The van der Waals surface area contributed by atoms with Crippen LogP contribution in [0.1, 0.15) is 226 Å². The molecule has 0 radical (unpaired) electrons. The highest BCUT2D eigenvalue weighted by Gasteiger charge is 2.19. The molecule has 2 atom stereocenters. The molecule has 0 aromatic carbocycles. The molecule has 2 unspecified atom stereocenters. The molecule has 0 heterocycles. The number of aliphatic hydroxyl groups is 2. The van der Waals surface area contributed by atoms with Crippen molar-refractivity contribution in [3.05, 3.63) is 36.5 Å². The zero-order chi connectivity index (χ0) is 38.7. The summed E-state index contributed by atoms with van der Waals surface area (Å²) in [6, 6.07) is -0.583. The van der Waals surface area contributed by atoms with Gasteiger partial charge in [0.1, 0.15) is 0 Å². The van der Waals surface area contributed by atoms with Gasteiger partial charge in [-0.05, 0) is 70.6 Å². The Morgan fingerprint density at radius 3 is 1.49 bits per heavy atom. The van der Waals surface area contributed by atoms with E-state index in [-0.39, 0.29) is 18.5 Å². The summed E-state index contributed by atoms with van der Waals surface area (Å²) in [6.07, 6.45) is 49.7. The standard InChI is InChI=1S/C47H87NO5/c1-3-5-7-9-11-13-14-15-18-21-25-29-33-37-41-47(52)53-42-38-34-30-26-22-19-16-17-20-24-28-32-36-40-46(51)48-44(43-49)45(50)39-35-31-27-23-12-10-8-6-4-2/h14-15,17,20,28,32,44-45,49-50H,3-13,16,18-19,21-27,29-31,33-43H2,1-2H3,(H,48,51)/b15-14-,20-17-,32-28-. The molecular formula is C47H87NO5. The minimum atomic E-state index is -0.696. The molecule has 0 bridgehead atoms. The smallest absolute Gasteiger partial charge is 0.305 e. The number of rotatable bonds is 41. The lowest BCUT2D eigenvalue weighted by Crippen LogP contribution is -2.45. The number of carbonyl (C=O) groups excluding carboxylic acids is 2. The molecule has 6 nitrogen and oxygen atoms in total. The van der Waals surface area contributed by atoms with Crippen LogP contribution in [-0.4, -0.2) is 47.4 Å². The lowest BCUT2D eigenvalue weighted by molar-refractivity contribution is -0.143. The zero-order valence-corrected chi connectivity index (χ0v) is 35.0. The Morgan fingerprint density at radius 2 is 0.962 bits per heavy atom. The fraction of sp³-hybridized carbons (Fsp3) is 0.830. The third-order valence-corrected chi connectivity index (χ3v) is 10.2.